The van der Waals surface area contributed by atoms with Crippen molar-refractivity contribution in [2.24, 2.45) is 5.73 Å². The molecule has 21 heavy (non-hydrogen) atoms. The average molecular weight is 284 g/mol. The lowest BCUT2D eigenvalue weighted by molar-refractivity contribution is -0.684. The van der Waals surface area contributed by atoms with Gasteiger partial charge in [0.05, 0.1) is 0 Å². The zero-order chi connectivity index (χ0) is 15.2. The van der Waals surface area contributed by atoms with E-state index in [1.54, 1.807) is 29.1 Å². The Kier molecular flexibility index (Phi) is 4.66. The number of anilines is 1. The monoisotopic (exact) mass is 284 g/mol. The molecule has 0 aliphatic carbocycles. The van der Waals surface area contributed by atoms with Gasteiger partial charge in [-0.25, -0.2) is 0 Å². The normalized spacial score (nSPS) is 10.1. The first-order chi connectivity index (χ1) is 10.1. The number of rotatable bonds is 5. The van der Waals surface area contributed by atoms with E-state index in [4.69, 9.17) is 5.73 Å². The van der Waals surface area contributed by atoms with E-state index in [0.717, 1.165) is 12.1 Å². The molecule has 108 valence electrons. The van der Waals surface area contributed by atoms with Crippen LogP contribution >= 0.6 is 0 Å². The summed E-state index contributed by atoms with van der Waals surface area (Å²) >= 11 is 0. The van der Waals surface area contributed by atoms with Gasteiger partial charge < -0.3 is 11.1 Å². The maximum Gasteiger partial charge on any atom is 0.290 e. The number of nitrogens with one attached hydrogen (secondary N) is 1. The molecule has 0 radical (unpaired) electrons. The standard InChI is InChI=1S/C16H17N3O2/c1-2-12-5-7-14(8-6-12)18-15(20)11-19-9-3-4-13(10-19)16(17)21/h3-10H,2,11H2,1H3,(H2-,17,18,20,21)/p+1. The molecule has 0 saturated heterocycles. The molecular weight excluding hydrogens is 266 g/mol. The molecule has 0 atom stereocenters. The number of aryl methyl sites for hydroxylation is 1. The largest absolute Gasteiger partial charge is 0.365 e. The van der Waals surface area contributed by atoms with Crippen molar-refractivity contribution < 1.29 is 14.2 Å². The maximum absolute atomic E-state index is 12.0. The molecule has 1 heterocycles. The van der Waals surface area contributed by atoms with Gasteiger partial charge in [0.25, 0.3) is 11.8 Å². The van der Waals surface area contributed by atoms with Gasteiger partial charge in [-0.2, -0.15) is 4.57 Å². The van der Waals surface area contributed by atoms with Crippen LogP contribution in [0.2, 0.25) is 0 Å². The number of primary amides is 1. The molecule has 0 spiro atoms. The number of hydrogen-bond donors (Lipinski definition) is 2. The third-order valence-electron chi connectivity index (χ3n) is 3.11. The minimum atomic E-state index is -0.514. The first kappa shape index (κ1) is 14.7. The molecular formula is C16H18N3O2+. The van der Waals surface area contributed by atoms with Crippen LogP contribution < -0.4 is 15.6 Å². The Morgan fingerprint density at radius 1 is 1.19 bits per heavy atom. The first-order valence-electron chi connectivity index (χ1n) is 6.76. The molecule has 0 saturated carbocycles. The molecule has 2 rings (SSSR count). The van der Waals surface area contributed by atoms with Crippen LogP contribution in [0.5, 0.6) is 0 Å². The molecule has 0 aliphatic heterocycles. The Morgan fingerprint density at radius 3 is 2.52 bits per heavy atom. The summed E-state index contributed by atoms with van der Waals surface area (Å²) in [5.41, 5.74) is 7.56. The second kappa shape index (κ2) is 6.65. The molecule has 5 heteroatoms. The molecule has 1 aromatic carbocycles. The highest BCUT2D eigenvalue weighted by Crippen LogP contribution is 2.09. The molecule has 2 aromatic rings. The summed E-state index contributed by atoms with van der Waals surface area (Å²) in [6.45, 7) is 2.20. The smallest absolute Gasteiger partial charge is 0.290 e. The quantitative estimate of drug-likeness (QED) is 0.811. The van der Waals surface area contributed by atoms with E-state index in [2.05, 4.69) is 12.2 Å². The Bertz CT molecular complexity index is 651. The second-order valence-corrected chi connectivity index (χ2v) is 4.73. The van der Waals surface area contributed by atoms with Crippen LogP contribution in [0.25, 0.3) is 0 Å². The van der Waals surface area contributed by atoms with Crippen LogP contribution in [0, 0.1) is 0 Å². The van der Waals surface area contributed by atoms with E-state index >= 15 is 0 Å². The Balaban J connectivity index is 2.00. The van der Waals surface area contributed by atoms with E-state index < -0.39 is 5.91 Å². The van der Waals surface area contributed by atoms with E-state index in [9.17, 15) is 9.59 Å². The highest BCUT2D eigenvalue weighted by atomic mass is 16.2. The zero-order valence-electron chi connectivity index (χ0n) is 11.9. The lowest BCUT2D eigenvalue weighted by atomic mass is 10.1. The highest BCUT2D eigenvalue weighted by Gasteiger charge is 2.12. The van der Waals surface area contributed by atoms with E-state index in [1.165, 1.54) is 5.56 Å². The van der Waals surface area contributed by atoms with Crippen molar-refractivity contribution >= 4 is 17.5 Å². The first-order valence-corrected chi connectivity index (χ1v) is 6.76. The van der Waals surface area contributed by atoms with Gasteiger partial charge in [0.15, 0.2) is 12.4 Å². The summed E-state index contributed by atoms with van der Waals surface area (Å²) in [6, 6.07) is 11.0. The summed E-state index contributed by atoms with van der Waals surface area (Å²) in [4.78, 5) is 23.1. The van der Waals surface area contributed by atoms with Crippen molar-refractivity contribution in [3.8, 4) is 0 Å². The van der Waals surface area contributed by atoms with Gasteiger partial charge in [-0.15, -0.1) is 0 Å². The van der Waals surface area contributed by atoms with E-state index in [1.807, 2.05) is 24.3 Å². The van der Waals surface area contributed by atoms with Crippen LogP contribution in [0.3, 0.4) is 0 Å². The van der Waals surface area contributed by atoms with Gasteiger partial charge >= 0.3 is 0 Å². The van der Waals surface area contributed by atoms with Crippen LogP contribution in [-0.2, 0) is 17.8 Å². The third-order valence-corrected chi connectivity index (χ3v) is 3.11. The number of hydrogen-bond acceptors (Lipinski definition) is 2. The summed E-state index contributed by atoms with van der Waals surface area (Å²) in [5.74, 6) is -0.675. The fraction of sp³-hybridized carbons (Fsp3) is 0.188. The predicted octanol–water partition coefficient (Wildman–Crippen LogP) is 1.27. The Hall–Kier alpha value is -2.69. The molecule has 0 aliphatic rings. The Morgan fingerprint density at radius 2 is 1.90 bits per heavy atom. The van der Waals surface area contributed by atoms with Gasteiger partial charge in [-0.05, 0) is 30.2 Å². The average Bonchev–Trinajstić information content (AvgIpc) is 2.48. The summed E-state index contributed by atoms with van der Waals surface area (Å²) in [7, 11) is 0. The van der Waals surface area contributed by atoms with Crippen molar-refractivity contribution in [2.75, 3.05) is 5.32 Å². The van der Waals surface area contributed by atoms with Crippen LogP contribution in [0.4, 0.5) is 5.69 Å². The molecule has 0 fully saturated rings. The van der Waals surface area contributed by atoms with Crippen molar-refractivity contribution in [2.45, 2.75) is 19.9 Å². The number of carbonyl (C=O) groups excluding carboxylic acids is 2. The van der Waals surface area contributed by atoms with Gasteiger partial charge in [-0.3, -0.25) is 9.59 Å². The second-order valence-electron chi connectivity index (χ2n) is 4.73. The minimum Gasteiger partial charge on any atom is -0.365 e. The zero-order valence-corrected chi connectivity index (χ0v) is 11.9. The molecule has 0 unspecified atom stereocenters. The lowest BCUT2D eigenvalue weighted by Gasteiger charge is -2.04. The number of nitrogens with zero attached hydrogens (tertiary/aromatic N) is 1. The van der Waals surface area contributed by atoms with Crippen molar-refractivity contribution in [3.05, 3.63) is 59.9 Å². The molecule has 3 N–H and O–H groups in total. The molecule has 1 aromatic heterocycles. The number of aromatic nitrogens is 1. The maximum atomic E-state index is 12.0. The SMILES string of the molecule is CCc1ccc(NC(=O)C[n+]2cccc(C(N)=O)c2)cc1. The van der Waals surface area contributed by atoms with Crippen LogP contribution in [-0.4, -0.2) is 11.8 Å². The van der Waals surface area contributed by atoms with Crippen LogP contribution in [0.15, 0.2) is 48.8 Å². The topological polar surface area (TPSA) is 76.1 Å². The van der Waals surface area contributed by atoms with Crippen molar-refractivity contribution in [1.29, 1.82) is 0 Å². The van der Waals surface area contributed by atoms with Gasteiger partial charge in [-0.1, -0.05) is 19.1 Å². The number of nitrogens with two attached hydrogens (primary N) is 1. The van der Waals surface area contributed by atoms with Gasteiger partial charge in [0.2, 0.25) is 6.54 Å². The number of benzene rings is 1. The van der Waals surface area contributed by atoms with Crippen molar-refractivity contribution in [3.63, 3.8) is 0 Å². The number of pyridine rings is 1. The molecule has 0 bridgehead atoms. The predicted molar refractivity (Wildman–Crippen MR) is 79.6 cm³/mol. The van der Waals surface area contributed by atoms with Gasteiger partial charge in [0.1, 0.15) is 5.56 Å². The summed E-state index contributed by atoms with van der Waals surface area (Å²) in [5, 5.41) is 2.81. The highest BCUT2D eigenvalue weighted by molar-refractivity contribution is 5.92. The van der Waals surface area contributed by atoms with Crippen molar-refractivity contribution in [1.82, 2.24) is 0 Å². The number of amides is 2. The summed E-state index contributed by atoms with van der Waals surface area (Å²) in [6.07, 6.45) is 4.23. The molecule has 5 nitrogen and oxygen atoms in total. The van der Waals surface area contributed by atoms with Crippen LogP contribution in [0.1, 0.15) is 22.8 Å². The summed E-state index contributed by atoms with van der Waals surface area (Å²) < 4.78 is 1.62. The minimum absolute atomic E-state index is 0.122. The fourth-order valence-electron chi connectivity index (χ4n) is 1.96. The van der Waals surface area contributed by atoms with E-state index in [0.29, 0.717) is 5.56 Å². The third kappa shape index (κ3) is 4.14. The molecule has 2 amide bonds. The lowest BCUT2D eigenvalue weighted by Crippen LogP contribution is -2.40. The number of carbonyl (C=O) groups is 2. The van der Waals surface area contributed by atoms with E-state index in [-0.39, 0.29) is 12.5 Å². The Labute approximate surface area is 123 Å². The fourth-order valence-corrected chi connectivity index (χ4v) is 1.96. The van der Waals surface area contributed by atoms with Gasteiger partial charge in [0, 0.05) is 11.8 Å².